The number of hydrogen-bond acceptors (Lipinski definition) is 3. The van der Waals surface area contributed by atoms with Crippen molar-refractivity contribution in [2.75, 3.05) is 20.8 Å². The molecular weight excluding hydrogens is 262 g/mol. The van der Waals surface area contributed by atoms with Crippen LogP contribution in [-0.2, 0) is 12.8 Å². The van der Waals surface area contributed by atoms with E-state index in [2.05, 4.69) is 47.8 Å². The monoisotopic (exact) mass is 283 g/mol. The molecule has 0 fully saturated rings. The zero-order valence-electron chi connectivity index (χ0n) is 12.6. The van der Waals surface area contributed by atoms with Gasteiger partial charge in [-0.1, -0.05) is 30.3 Å². The number of rotatable bonds is 4. The summed E-state index contributed by atoms with van der Waals surface area (Å²) in [7, 11) is 3.37. The number of fused-ring (bicyclic) bond motifs is 1. The molecule has 1 atom stereocenters. The molecule has 21 heavy (non-hydrogen) atoms. The Balaban J connectivity index is 1.93. The Morgan fingerprint density at radius 1 is 1.05 bits per heavy atom. The third-order valence-corrected chi connectivity index (χ3v) is 4.09. The Labute approximate surface area is 125 Å². The highest BCUT2D eigenvalue weighted by Gasteiger charge is 2.22. The topological polar surface area (TPSA) is 30.5 Å². The molecule has 0 saturated heterocycles. The minimum atomic E-state index is 0.330. The van der Waals surface area contributed by atoms with E-state index in [1.807, 2.05) is 0 Å². The molecule has 3 rings (SSSR count). The van der Waals surface area contributed by atoms with Crippen LogP contribution in [0.2, 0.25) is 0 Å². The number of hydrogen-bond donors (Lipinski definition) is 1. The van der Waals surface area contributed by atoms with Gasteiger partial charge >= 0.3 is 0 Å². The van der Waals surface area contributed by atoms with Gasteiger partial charge in [0.1, 0.15) is 0 Å². The summed E-state index contributed by atoms with van der Waals surface area (Å²) in [6, 6.07) is 15.2. The number of methoxy groups -OCH3 is 2. The fraction of sp³-hybridized carbons (Fsp3) is 0.333. The van der Waals surface area contributed by atoms with Crippen molar-refractivity contribution in [2.45, 2.75) is 18.9 Å². The van der Waals surface area contributed by atoms with Gasteiger partial charge < -0.3 is 14.8 Å². The van der Waals surface area contributed by atoms with Gasteiger partial charge in [0, 0.05) is 6.04 Å². The van der Waals surface area contributed by atoms with Crippen LogP contribution >= 0.6 is 0 Å². The Bertz CT molecular complexity index is 610. The molecule has 0 aliphatic carbocycles. The van der Waals surface area contributed by atoms with Gasteiger partial charge in [-0.25, -0.2) is 0 Å². The van der Waals surface area contributed by atoms with Crippen molar-refractivity contribution in [3.05, 3.63) is 59.2 Å². The maximum absolute atomic E-state index is 5.45. The Kier molecular flexibility index (Phi) is 4.11. The van der Waals surface area contributed by atoms with Crippen LogP contribution in [0, 0.1) is 0 Å². The Morgan fingerprint density at radius 3 is 2.48 bits per heavy atom. The fourth-order valence-corrected chi connectivity index (χ4v) is 3.00. The van der Waals surface area contributed by atoms with Crippen molar-refractivity contribution >= 4 is 0 Å². The highest BCUT2D eigenvalue weighted by molar-refractivity contribution is 5.49. The number of ether oxygens (including phenoxy) is 2. The van der Waals surface area contributed by atoms with E-state index in [9.17, 15) is 0 Å². The first kappa shape index (κ1) is 14.0. The third-order valence-electron chi connectivity index (χ3n) is 4.09. The molecule has 0 bridgehead atoms. The van der Waals surface area contributed by atoms with E-state index in [-0.39, 0.29) is 0 Å². The molecule has 1 aliphatic rings. The average molecular weight is 283 g/mol. The molecule has 0 spiro atoms. The predicted octanol–water partition coefficient (Wildman–Crippen LogP) is 3.13. The molecule has 0 aromatic heterocycles. The summed E-state index contributed by atoms with van der Waals surface area (Å²) in [4.78, 5) is 0. The third kappa shape index (κ3) is 2.88. The molecule has 0 saturated carbocycles. The SMILES string of the molecule is COc1cc2c(cc1OC)[C@H](Cc1ccccc1)NCC2. The lowest BCUT2D eigenvalue weighted by molar-refractivity contribution is 0.352. The van der Waals surface area contributed by atoms with Crippen LogP contribution in [0.4, 0.5) is 0 Å². The first-order valence-corrected chi connectivity index (χ1v) is 7.34. The van der Waals surface area contributed by atoms with Crippen molar-refractivity contribution in [1.82, 2.24) is 5.32 Å². The summed E-state index contributed by atoms with van der Waals surface area (Å²) in [6.45, 7) is 1.000. The predicted molar refractivity (Wildman–Crippen MR) is 84.1 cm³/mol. The highest BCUT2D eigenvalue weighted by atomic mass is 16.5. The van der Waals surface area contributed by atoms with Crippen molar-refractivity contribution in [3.63, 3.8) is 0 Å². The van der Waals surface area contributed by atoms with Gasteiger partial charge in [0.2, 0.25) is 0 Å². The van der Waals surface area contributed by atoms with E-state index < -0.39 is 0 Å². The molecule has 1 N–H and O–H groups in total. The van der Waals surface area contributed by atoms with Gasteiger partial charge in [-0.15, -0.1) is 0 Å². The van der Waals surface area contributed by atoms with Crippen LogP contribution in [0.15, 0.2) is 42.5 Å². The van der Waals surface area contributed by atoms with Gasteiger partial charge in [-0.2, -0.15) is 0 Å². The van der Waals surface area contributed by atoms with E-state index in [0.29, 0.717) is 6.04 Å². The maximum Gasteiger partial charge on any atom is 0.161 e. The van der Waals surface area contributed by atoms with Gasteiger partial charge in [-0.3, -0.25) is 0 Å². The summed E-state index contributed by atoms with van der Waals surface area (Å²) < 4.78 is 10.9. The van der Waals surface area contributed by atoms with Crippen LogP contribution < -0.4 is 14.8 Å². The molecule has 1 heterocycles. The number of benzene rings is 2. The molecule has 2 aromatic rings. The average Bonchev–Trinajstić information content (AvgIpc) is 2.55. The molecule has 0 amide bonds. The number of nitrogens with one attached hydrogen (secondary N) is 1. The van der Waals surface area contributed by atoms with Crippen molar-refractivity contribution in [3.8, 4) is 11.5 Å². The molecule has 0 unspecified atom stereocenters. The van der Waals surface area contributed by atoms with Crippen LogP contribution in [0.25, 0.3) is 0 Å². The van der Waals surface area contributed by atoms with E-state index in [0.717, 1.165) is 30.9 Å². The zero-order valence-corrected chi connectivity index (χ0v) is 12.6. The quantitative estimate of drug-likeness (QED) is 0.935. The molecule has 110 valence electrons. The molecule has 3 heteroatoms. The van der Waals surface area contributed by atoms with Gasteiger partial charge in [0.05, 0.1) is 14.2 Å². The summed E-state index contributed by atoms with van der Waals surface area (Å²) in [6.07, 6.45) is 2.02. The van der Waals surface area contributed by atoms with Crippen molar-refractivity contribution in [2.24, 2.45) is 0 Å². The maximum atomic E-state index is 5.45. The van der Waals surface area contributed by atoms with Crippen LogP contribution in [-0.4, -0.2) is 20.8 Å². The highest BCUT2D eigenvalue weighted by Crippen LogP contribution is 2.36. The second-order valence-electron chi connectivity index (χ2n) is 5.35. The fourth-order valence-electron chi connectivity index (χ4n) is 3.00. The second kappa shape index (κ2) is 6.19. The zero-order chi connectivity index (χ0) is 14.7. The van der Waals surface area contributed by atoms with E-state index >= 15 is 0 Å². The van der Waals surface area contributed by atoms with E-state index in [1.165, 1.54) is 16.7 Å². The Hall–Kier alpha value is -2.00. The van der Waals surface area contributed by atoms with E-state index in [1.54, 1.807) is 14.2 Å². The molecule has 3 nitrogen and oxygen atoms in total. The summed E-state index contributed by atoms with van der Waals surface area (Å²) in [5, 5.41) is 3.62. The van der Waals surface area contributed by atoms with E-state index in [4.69, 9.17) is 9.47 Å². The molecule has 2 aromatic carbocycles. The van der Waals surface area contributed by atoms with Gasteiger partial charge in [0.25, 0.3) is 0 Å². The summed E-state index contributed by atoms with van der Waals surface area (Å²) in [5.74, 6) is 1.62. The smallest absolute Gasteiger partial charge is 0.161 e. The largest absolute Gasteiger partial charge is 0.493 e. The molecule has 1 aliphatic heterocycles. The molecule has 0 radical (unpaired) electrons. The molecular formula is C18H21NO2. The standard InChI is InChI=1S/C18H21NO2/c1-20-17-11-14-8-9-19-16(15(14)12-18(17)21-2)10-13-6-4-3-5-7-13/h3-7,11-12,16,19H,8-10H2,1-2H3/t16-/m0/s1. The van der Waals surface area contributed by atoms with Crippen molar-refractivity contribution in [1.29, 1.82) is 0 Å². The summed E-state index contributed by atoms with van der Waals surface area (Å²) in [5.41, 5.74) is 4.02. The lowest BCUT2D eigenvalue weighted by atomic mass is 9.90. The van der Waals surface area contributed by atoms with Crippen molar-refractivity contribution < 1.29 is 9.47 Å². The van der Waals surface area contributed by atoms with Crippen LogP contribution in [0.1, 0.15) is 22.7 Å². The first-order valence-electron chi connectivity index (χ1n) is 7.34. The normalized spacial score (nSPS) is 17.1. The Morgan fingerprint density at radius 2 is 1.76 bits per heavy atom. The lowest BCUT2D eigenvalue weighted by Gasteiger charge is -2.28. The van der Waals surface area contributed by atoms with Crippen LogP contribution in [0.5, 0.6) is 11.5 Å². The summed E-state index contributed by atoms with van der Waals surface area (Å²) >= 11 is 0. The minimum Gasteiger partial charge on any atom is -0.493 e. The van der Waals surface area contributed by atoms with Gasteiger partial charge in [0.15, 0.2) is 11.5 Å². The minimum absolute atomic E-state index is 0.330. The second-order valence-corrected chi connectivity index (χ2v) is 5.35. The lowest BCUT2D eigenvalue weighted by Crippen LogP contribution is -2.31. The first-order chi connectivity index (χ1) is 10.3. The van der Waals surface area contributed by atoms with Gasteiger partial charge in [-0.05, 0) is 48.2 Å². The van der Waals surface area contributed by atoms with Crippen LogP contribution in [0.3, 0.4) is 0 Å².